The van der Waals surface area contributed by atoms with Gasteiger partial charge >= 0.3 is 0 Å². The summed E-state index contributed by atoms with van der Waals surface area (Å²) in [5.41, 5.74) is 6.84. The van der Waals surface area contributed by atoms with E-state index in [1.807, 2.05) is 48.7 Å². The number of pyridine rings is 1. The molecule has 5 heterocycles. The van der Waals surface area contributed by atoms with Gasteiger partial charge in [-0.15, -0.1) is 0 Å². The number of benzene rings is 5. The maximum Gasteiger partial charge on any atom is 0.242 e. The second-order valence-corrected chi connectivity index (χ2v) is 11.6. The molecule has 0 bridgehead atoms. The summed E-state index contributed by atoms with van der Waals surface area (Å²) in [7, 11) is 0. The predicted molar refractivity (Wildman–Crippen MR) is 189 cm³/mol. The van der Waals surface area contributed by atoms with E-state index in [1.165, 1.54) is 0 Å². The number of nitrogens with zero attached hydrogens (tertiary/aromatic N) is 7. The van der Waals surface area contributed by atoms with Gasteiger partial charge in [-0.2, -0.15) is 15.0 Å². The van der Waals surface area contributed by atoms with Crippen molar-refractivity contribution in [1.29, 1.82) is 0 Å². The van der Waals surface area contributed by atoms with Crippen LogP contribution in [0.15, 0.2) is 152 Å². The topological polar surface area (TPSA) is 66.3 Å². The number of para-hydroxylation sites is 4. The van der Waals surface area contributed by atoms with Crippen molar-refractivity contribution in [3.8, 4) is 29.0 Å². The van der Waals surface area contributed by atoms with Gasteiger partial charge in [-0.25, -0.2) is 9.55 Å². The molecule has 0 amide bonds. The monoisotopic (exact) mass is 603 g/mol. The molecule has 47 heavy (non-hydrogen) atoms. The van der Waals surface area contributed by atoms with Crippen LogP contribution in [0, 0.1) is 0 Å². The lowest BCUT2D eigenvalue weighted by Gasteiger charge is -2.14. The Morgan fingerprint density at radius 2 is 0.936 bits per heavy atom. The molecule has 5 aromatic heterocycles. The first-order chi connectivity index (χ1) is 23.3. The van der Waals surface area contributed by atoms with Crippen LogP contribution in [0.25, 0.3) is 83.7 Å². The van der Waals surface area contributed by atoms with Gasteiger partial charge in [0.15, 0.2) is 5.82 Å². The van der Waals surface area contributed by atoms with Gasteiger partial charge in [-0.3, -0.25) is 9.13 Å². The fourth-order valence-electron chi connectivity index (χ4n) is 7.01. The molecule has 0 radical (unpaired) electrons. The van der Waals surface area contributed by atoms with Gasteiger partial charge in [-0.05, 0) is 42.5 Å². The maximum atomic E-state index is 5.30. The van der Waals surface area contributed by atoms with E-state index in [-0.39, 0.29) is 0 Å². The van der Waals surface area contributed by atoms with E-state index in [1.54, 1.807) is 0 Å². The molecule has 10 rings (SSSR count). The van der Waals surface area contributed by atoms with Crippen molar-refractivity contribution in [2.24, 2.45) is 0 Å². The summed E-state index contributed by atoms with van der Waals surface area (Å²) in [5, 5.41) is 5.57. The third-order valence-electron chi connectivity index (χ3n) is 8.97. The Morgan fingerprint density at radius 3 is 1.62 bits per heavy atom. The molecule has 0 spiro atoms. The molecular formula is C40H25N7. The second-order valence-electron chi connectivity index (χ2n) is 11.6. The first-order valence-corrected chi connectivity index (χ1v) is 15.6. The van der Waals surface area contributed by atoms with E-state index in [2.05, 4.69) is 117 Å². The van der Waals surface area contributed by atoms with E-state index in [0.717, 1.165) is 66.0 Å². The van der Waals surface area contributed by atoms with Crippen molar-refractivity contribution >= 4 is 54.8 Å². The number of hydrogen-bond donors (Lipinski definition) is 0. The summed E-state index contributed by atoms with van der Waals surface area (Å²) in [6.07, 6.45) is 1.83. The highest BCUT2D eigenvalue weighted by molar-refractivity contribution is 6.21. The normalized spacial score (nSPS) is 11.8. The van der Waals surface area contributed by atoms with Crippen molar-refractivity contribution in [1.82, 2.24) is 33.6 Å². The number of hydrogen-bond acceptors (Lipinski definition) is 4. The van der Waals surface area contributed by atoms with E-state index in [4.69, 9.17) is 19.9 Å². The first kappa shape index (κ1) is 25.7. The van der Waals surface area contributed by atoms with Gasteiger partial charge in [0.1, 0.15) is 11.3 Å². The Labute approximate surface area is 268 Å². The summed E-state index contributed by atoms with van der Waals surface area (Å²) < 4.78 is 6.53. The van der Waals surface area contributed by atoms with Crippen molar-refractivity contribution in [3.05, 3.63) is 152 Å². The lowest BCUT2D eigenvalue weighted by Crippen LogP contribution is -2.12. The standard InChI is InChI=1S/C40H25N7/c1-3-14-26(15-4-1)36-42-39(46-32-22-10-7-18-28(32)29-19-8-11-23-33(29)46)44-40(43-36)47-37-31(21-13-25-41-37)35-30-20-9-12-24-34(30)45(38(35)47)27-16-5-2-6-17-27/h1-25H. The van der Waals surface area contributed by atoms with Crippen LogP contribution >= 0.6 is 0 Å². The Kier molecular flexibility index (Phi) is 5.44. The largest absolute Gasteiger partial charge is 0.295 e. The molecule has 7 nitrogen and oxygen atoms in total. The lowest BCUT2D eigenvalue weighted by molar-refractivity contribution is 0.878. The fourth-order valence-corrected chi connectivity index (χ4v) is 7.01. The summed E-state index contributed by atoms with van der Waals surface area (Å²) in [6, 6.07) is 50.0. The molecule has 0 aliphatic carbocycles. The molecule has 0 aliphatic heterocycles. The molecule has 0 atom stereocenters. The van der Waals surface area contributed by atoms with Crippen LogP contribution in [-0.4, -0.2) is 33.6 Å². The van der Waals surface area contributed by atoms with Crippen molar-refractivity contribution < 1.29 is 0 Å². The molecule has 7 heteroatoms. The minimum atomic E-state index is 0.495. The molecule has 220 valence electrons. The van der Waals surface area contributed by atoms with Gasteiger partial charge in [0.25, 0.3) is 0 Å². The molecule has 0 aliphatic rings. The van der Waals surface area contributed by atoms with Crippen LogP contribution in [0.1, 0.15) is 0 Å². The van der Waals surface area contributed by atoms with Crippen LogP contribution in [0.4, 0.5) is 0 Å². The predicted octanol–water partition coefficient (Wildman–Crippen LogP) is 9.07. The van der Waals surface area contributed by atoms with E-state index >= 15 is 0 Å². The number of aromatic nitrogens is 7. The van der Waals surface area contributed by atoms with E-state index in [0.29, 0.717) is 17.7 Å². The van der Waals surface area contributed by atoms with E-state index in [9.17, 15) is 0 Å². The summed E-state index contributed by atoms with van der Waals surface area (Å²) in [5.74, 6) is 1.62. The van der Waals surface area contributed by atoms with Gasteiger partial charge in [-0.1, -0.05) is 103 Å². The van der Waals surface area contributed by atoms with Crippen molar-refractivity contribution in [3.63, 3.8) is 0 Å². The quantitative estimate of drug-likeness (QED) is 0.201. The molecule has 0 fully saturated rings. The molecule has 0 unspecified atom stereocenters. The molecule has 5 aromatic carbocycles. The van der Waals surface area contributed by atoms with Gasteiger partial charge < -0.3 is 0 Å². The van der Waals surface area contributed by atoms with Gasteiger partial charge in [0.2, 0.25) is 11.9 Å². The first-order valence-electron chi connectivity index (χ1n) is 15.6. The minimum Gasteiger partial charge on any atom is -0.295 e. The zero-order valence-electron chi connectivity index (χ0n) is 25.1. The average molecular weight is 604 g/mol. The molecule has 10 aromatic rings. The molecule has 0 saturated carbocycles. The Morgan fingerprint density at radius 1 is 0.404 bits per heavy atom. The Bertz CT molecular complexity index is 2740. The SMILES string of the molecule is c1ccc(-c2nc(-n3c4ccccc4c4ccccc43)nc(-n3c4ncccc4c4c5ccccc5n(-c5ccccc5)c43)n2)cc1. The summed E-state index contributed by atoms with van der Waals surface area (Å²) in [4.78, 5) is 20.6. The highest BCUT2D eigenvalue weighted by Gasteiger charge is 2.25. The van der Waals surface area contributed by atoms with Crippen LogP contribution in [0.5, 0.6) is 0 Å². The third-order valence-corrected chi connectivity index (χ3v) is 8.97. The Hall–Kier alpha value is -6.60. The van der Waals surface area contributed by atoms with Crippen molar-refractivity contribution in [2.45, 2.75) is 0 Å². The van der Waals surface area contributed by atoms with Crippen LogP contribution in [-0.2, 0) is 0 Å². The smallest absolute Gasteiger partial charge is 0.242 e. The van der Waals surface area contributed by atoms with Crippen LogP contribution in [0.2, 0.25) is 0 Å². The molecular weight excluding hydrogens is 578 g/mol. The third kappa shape index (κ3) is 3.74. The fraction of sp³-hybridized carbons (Fsp3) is 0. The maximum absolute atomic E-state index is 5.30. The zero-order chi connectivity index (χ0) is 30.9. The summed E-state index contributed by atoms with van der Waals surface area (Å²) >= 11 is 0. The summed E-state index contributed by atoms with van der Waals surface area (Å²) in [6.45, 7) is 0. The highest BCUT2D eigenvalue weighted by atomic mass is 15.3. The van der Waals surface area contributed by atoms with Crippen LogP contribution < -0.4 is 0 Å². The molecule has 0 saturated heterocycles. The van der Waals surface area contributed by atoms with Crippen LogP contribution in [0.3, 0.4) is 0 Å². The number of rotatable bonds is 4. The van der Waals surface area contributed by atoms with Crippen molar-refractivity contribution in [2.75, 3.05) is 0 Å². The minimum absolute atomic E-state index is 0.495. The number of fused-ring (bicyclic) bond motifs is 8. The van der Waals surface area contributed by atoms with Gasteiger partial charge in [0.05, 0.1) is 16.6 Å². The average Bonchev–Trinajstić information content (AvgIpc) is 3.78. The van der Waals surface area contributed by atoms with E-state index < -0.39 is 0 Å². The van der Waals surface area contributed by atoms with Gasteiger partial charge in [0, 0.05) is 44.4 Å². The second kappa shape index (κ2) is 9.95. The Balaban J connectivity index is 1.38. The zero-order valence-corrected chi connectivity index (χ0v) is 25.1. The molecule has 0 N–H and O–H groups in total. The lowest BCUT2D eigenvalue weighted by atomic mass is 10.1. The highest BCUT2D eigenvalue weighted by Crippen LogP contribution is 2.40.